The van der Waals surface area contributed by atoms with Gasteiger partial charge in [0, 0.05) is 24.8 Å². The molecule has 3 atom stereocenters. The molecule has 1 aromatic carbocycles. The highest BCUT2D eigenvalue weighted by Crippen LogP contribution is 2.47. The molecule has 1 fully saturated rings. The summed E-state index contributed by atoms with van der Waals surface area (Å²) in [7, 11) is 1.44. The van der Waals surface area contributed by atoms with E-state index in [2.05, 4.69) is 15.5 Å². The summed E-state index contributed by atoms with van der Waals surface area (Å²) in [4.78, 5) is 58.9. The number of benzene rings is 1. The van der Waals surface area contributed by atoms with Crippen LogP contribution in [0.3, 0.4) is 0 Å². The van der Waals surface area contributed by atoms with Gasteiger partial charge in [0.2, 0.25) is 5.91 Å². The summed E-state index contributed by atoms with van der Waals surface area (Å²) in [5.41, 5.74) is -0.516. The topological polar surface area (TPSA) is 103 Å². The fourth-order valence-electron chi connectivity index (χ4n) is 4.81. The summed E-state index contributed by atoms with van der Waals surface area (Å²) in [5, 5.41) is 5.53. The van der Waals surface area contributed by atoms with Crippen LogP contribution in [0, 0.1) is 12.0 Å². The van der Waals surface area contributed by atoms with Crippen LogP contribution < -0.4 is 10.6 Å². The Morgan fingerprint density at radius 2 is 1.86 bits per heavy atom. The summed E-state index contributed by atoms with van der Waals surface area (Å²) in [6.07, 6.45) is -0.391. The Kier molecular flexibility index (Phi) is 6.73. The molecule has 2 heterocycles. The third kappa shape index (κ3) is 5.16. The maximum Gasteiger partial charge on any atom is 0.312 e. The van der Waals surface area contributed by atoms with Gasteiger partial charge in [-0.3, -0.25) is 28.9 Å². The minimum Gasteiger partial charge on any atom is -0.343 e. The van der Waals surface area contributed by atoms with E-state index in [1.807, 2.05) is 45.0 Å². The standard InChI is InChI=1S/C26H35N5O4/c1-24(2,3)13-18(30(8)22(34)20(32)29-25(4,5)6)21(33)31-15-26(14-19(31)27-7)16-11-9-10-12-17(16)28-23(26)35/h9-12,18-19H,13-15H2,1-6,8H3,(H,28,35)(H,29,32)/t18-,19-,26-/m0/s1. The minimum absolute atomic E-state index is 0.0403. The number of hydrogen-bond acceptors (Lipinski definition) is 4. The number of likely N-dealkylation sites (N-methyl/N-ethyl adjacent to an activating group) is 1. The highest BCUT2D eigenvalue weighted by Gasteiger charge is 2.59. The van der Waals surface area contributed by atoms with E-state index in [1.54, 1.807) is 20.8 Å². The molecule has 4 amide bonds. The Morgan fingerprint density at radius 1 is 1.23 bits per heavy atom. The molecular weight excluding hydrogens is 446 g/mol. The van der Waals surface area contributed by atoms with Gasteiger partial charge >= 0.3 is 18.0 Å². The second-order valence-corrected chi connectivity index (χ2v) is 11.8. The Labute approximate surface area is 207 Å². The Hall–Kier alpha value is -3.41. The first-order valence-electron chi connectivity index (χ1n) is 11.8. The number of likely N-dealkylation sites (tertiary alicyclic amines) is 1. The number of para-hydroxylation sites is 1. The maximum absolute atomic E-state index is 13.9. The lowest BCUT2D eigenvalue weighted by molar-refractivity contribution is -0.152. The molecule has 9 heteroatoms. The molecule has 0 saturated carbocycles. The predicted octanol–water partition coefficient (Wildman–Crippen LogP) is 2.53. The van der Waals surface area contributed by atoms with E-state index < -0.39 is 40.9 Å². The second-order valence-electron chi connectivity index (χ2n) is 11.8. The molecule has 35 heavy (non-hydrogen) atoms. The molecule has 2 aliphatic rings. The van der Waals surface area contributed by atoms with Crippen molar-refractivity contribution in [2.75, 3.05) is 18.9 Å². The second kappa shape index (κ2) is 8.99. The smallest absolute Gasteiger partial charge is 0.312 e. The van der Waals surface area contributed by atoms with E-state index >= 15 is 0 Å². The summed E-state index contributed by atoms with van der Waals surface area (Å²) < 4.78 is 0. The predicted molar refractivity (Wildman–Crippen MR) is 132 cm³/mol. The number of fused-ring (bicyclic) bond motifs is 2. The van der Waals surface area contributed by atoms with E-state index in [0.29, 0.717) is 5.69 Å². The van der Waals surface area contributed by atoms with Gasteiger partial charge in [0.25, 0.3) is 5.91 Å². The molecule has 2 aliphatic heterocycles. The molecule has 0 unspecified atom stereocenters. The number of nitrogens with zero attached hydrogens (tertiary/aromatic N) is 3. The van der Waals surface area contributed by atoms with Crippen molar-refractivity contribution in [2.45, 2.75) is 77.5 Å². The number of nitrogens with one attached hydrogen (secondary N) is 2. The van der Waals surface area contributed by atoms with E-state index in [9.17, 15) is 19.2 Å². The van der Waals surface area contributed by atoms with Gasteiger partial charge in [-0.1, -0.05) is 39.0 Å². The van der Waals surface area contributed by atoms with Crippen LogP contribution in [0.4, 0.5) is 5.69 Å². The van der Waals surface area contributed by atoms with E-state index in [1.165, 1.54) is 16.8 Å². The van der Waals surface area contributed by atoms with Crippen molar-refractivity contribution in [3.05, 3.63) is 41.2 Å². The average molecular weight is 482 g/mol. The molecule has 0 bridgehead atoms. The van der Waals surface area contributed by atoms with Crippen LogP contribution in [0.2, 0.25) is 0 Å². The van der Waals surface area contributed by atoms with Gasteiger partial charge in [0.15, 0.2) is 0 Å². The first-order chi connectivity index (χ1) is 16.1. The monoisotopic (exact) mass is 481 g/mol. The fourth-order valence-corrected chi connectivity index (χ4v) is 4.81. The summed E-state index contributed by atoms with van der Waals surface area (Å²) in [6, 6.07) is 6.35. The molecule has 1 spiro atoms. The first-order valence-corrected chi connectivity index (χ1v) is 11.8. The van der Waals surface area contributed by atoms with Gasteiger partial charge < -0.3 is 15.5 Å². The first kappa shape index (κ1) is 26.2. The van der Waals surface area contributed by atoms with E-state index in [0.717, 1.165) is 5.56 Å². The third-order valence-electron chi connectivity index (χ3n) is 6.45. The van der Waals surface area contributed by atoms with Gasteiger partial charge in [0.1, 0.15) is 11.5 Å². The van der Waals surface area contributed by atoms with Crippen LogP contribution >= 0.6 is 0 Å². The number of carbonyl (C=O) groups excluding carboxylic acids is 4. The van der Waals surface area contributed by atoms with Crippen LogP contribution in [-0.2, 0) is 24.6 Å². The number of rotatable bonds is 3. The van der Waals surface area contributed by atoms with Crippen molar-refractivity contribution >= 4 is 29.3 Å². The lowest BCUT2D eigenvalue weighted by Gasteiger charge is -2.35. The number of hydrogen-bond donors (Lipinski definition) is 2. The molecule has 0 aromatic heterocycles. The molecule has 9 nitrogen and oxygen atoms in total. The van der Waals surface area contributed by atoms with Crippen molar-refractivity contribution in [3.8, 4) is 0 Å². The van der Waals surface area contributed by atoms with Crippen molar-refractivity contribution in [1.29, 1.82) is 0 Å². The summed E-state index contributed by atoms with van der Waals surface area (Å²) in [5.74, 6) is -2.28. The lowest BCUT2D eigenvalue weighted by atomic mass is 9.80. The largest absolute Gasteiger partial charge is 0.343 e. The van der Waals surface area contributed by atoms with Crippen LogP contribution in [0.15, 0.2) is 24.3 Å². The van der Waals surface area contributed by atoms with E-state index in [-0.39, 0.29) is 30.7 Å². The van der Waals surface area contributed by atoms with Crippen molar-refractivity contribution in [3.63, 3.8) is 0 Å². The zero-order chi connectivity index (χ0) is 26.3. The normalized spacial score (nSPS) is 22.3. The summed E-state index contributed by atoms with van der Waals surface area (Å²) in [6.45, 7) is 18.9. The minimum atomic E-state index is -1.01. The van der Waals surface area contributed by atoms with Gasteiger partial charge in [-0.25, -0.2) is 6.57 Å². The van der Waals surface area contributed by atoms with Gasteiger partial charge in [-0.15, -0.1) is 0 Å². The molecule has 1 saturated heterocycles. The molecule has 3 rings (SSSR count). The molecule has 2 N–H and O–H groups in total. The van der Waals surface area contributed by atoms with Crippen molar-refractivity contribution in [2.24, 2.45) is 5.41 Å². The highest BCUT2D eigenvalue weighted by molar-refractivity contribution is 6.35. The summed E-state index contributed by atoms with van der Waals surface area (Å²) >= 11 is 0. The van der Waals surface area contributed by atoms with Gasteiger partial charge in [0.05, 0.1) is 6.42 Å². The molecule has 0 aliphatic carbocycles. The number of anilines is 1. The van der Waals surface area contributed by atoms with Gasteiger partial charge in [-0.2, -0.15) is 0 Å². The Morgan fingerprint density at radius 3 is 2.43 bits per heavy atom. The molecular formula is C26H35N5O4. The molecule has 1 aromatic rings. The van der Waals surface area contributed by atoms with Crippen LogP contribution in [0.1, 0.15) is 59.9 Å². The van der Waals surface area contributed by atoms with E-state index in [4.69, 9.17) is 6.57 Å². The van der Waals surface area contributed by atoms with Crippen molar-refractivity contribution < 1.29 is 19.2 Å². The maximum atomic E-state index is 13.9. The third-order valence-corrected chi connectivity index (χ3v) is 6.45. The molecule has 188 valence electrons. The Balaban J connectivity index is 1.94. The van der Waals surface area contributed by atoms with Crippen molar-refractivity contribution in [1.82, 2.24) is 15.1 Å². The zero-order valence-corrected chi connectivity index (χ0v) is 21.6. The van der Waals surface area contributed by atoms with Crippen LogP contribution in [-0.4, -0.2) is 64.8 Å². The van der Waals surface area contributed by atoms with Gasteiger partial charge in [-0.05, 0) is 44.2 Å². The number of carbonyl (C=O) groups is 4. The number of amides is 4. The molecule has 0 radical (unpaired) electrons. The quantitative estimate of drug-likeness (QED) is 0.512. The van der Waals surface area contributed by atoms with Crippen LogP contribution in [0.5, 0.6) is 0 Å². The zero-order valence-electron chi connectivity index (χ0n) is 21.6. The Bertz CT molecular complexity index is 1090. The SMILES string of the molecule is [C-]#[N+][C@@H]1C[C@@]2(CN1C(=O)[C@H](CC(C)(C)C)N(C)C(=O)C(=O)NC(C)(C)C)C(=O)Nc1ccccc12. The van der Waals surface area contributed by atoms with Crippen LogP contribution in [0.25, 0.3) is 4.85 Å². The average Bonchev–Trinajstić information content (AvgIpc) is 3.27. The highest BCUT2D eigenvalue weighted by atomic mass is 16.2. The lowest BCUT2D eigenvalue weighted by Crippen LogP contribution is -2.56. The fraction of sp³-hybridized carbons (Fsp3) is 0.577.